The van der Waals surface area contributed by atoms with Crippen molar-refractivity contribution < 1.29 is 0 Å². The fourth-order valence-corrected chi connectivity index (χ4v) is 1.01. The van der Waals surface area contributed by atoms with Crippen molar-refractivity contribution in [1.29, 1.82) is 0 Å². The molecule has 0 fully saturated rings. The van der Waals surface area contributed by atoms with Crippen molar-refractivity contribution >= 4 is 5.82 Å². The Kier molecular flexibility index (Phi) is 3.45. The van der Waals surface area contributed by atoms with Crippen molar-refractivity contribution in [3.05, 3.63) is 34.4 Å². The molecule has 76 valence electrons. The number of hydrogen-bond donors (Lipinski definition) is 2. The van der Waals surface area contributed by atoms with Crippen LogP contribution < -0.4 is 10.9 Å². The molecule has 0 aliphatic heterocycles. The van der Waals surface area contributed by atoms with E-state index in [9.17, 15) is 4.79 Å². The maximum atomic E-state index is 11.2. The van der Waals surface area contributed by atoms with Crippen molar-refractivity contribution in [2.45, 2.75) is 20.3 Å². The zero-order valence-electron chi connectivity index (χ0n) is 8.55. The SMILES string of the molecule is C=C(C)CNc1cc(=O)[nH]c(CC)n1. The predicted molar refractivity (Wildman–Crippen MR) is 57.5 cm³/mol. The lowest BCUT2D eigenvalue weighted by atomic mass is 10.3. The summed E-state index contributed by atoms with van der Waals surface area (Å²) in [5.41, 5.74) is 0.881. The Bertz CT molecular complexity index is 381. The molecule has 0 radical (unpaired) electrons. The Labute approximate surface area is 83.1 Å². The van der Waals surface area contributed by atoms with Crippen LogP contribution in [0, 0.1) is 0 Å². The van der Waals surface area contributed by atoms with E-state index in [1.165, 1.54) is 6.07 Å². The molecule has 0 saturated heterocycles. The highest BCUT2D eigenvalue weighted by molar-refractivity contribution is 5.34. The molecule has 1 rings (SSSR count). The molecule has 0 amide bonds. The summed E-state index contributed by atoms with van der Waals surface area (Å²) in [4.78, 5) is 18.0. The molecule has 0 aliphatic rings. The smallest absolute Gasteiger partial charge is 0.252 e. The third-order valence-corrected chi connectivity index (χ3v) is 1.70. The molecular weight excluding hydrogens is 178 g/mol. The van der Waals surface area contributed by atoms with Gasteiger partial charge in [-0.25, -0.2) is 4.98 Å². The van der Waals surface area contributed by atoms with Gasteiger partial charge in [0.05, 0.1) is 0 Å². The molecule has 0 spiro atoms. The molecule has 0 saturated carbocycles. The average molecular weight is 193 g/mol. The largest absolute Gasteiger partial charge is 0.366 e. The number of aromatic nitrogens is 2. The van der Waals surface area contributed by atoms with Gasteiger partial charge in [-0.3, -0.25) is 4.79 Å². The molecular formula is C10H15N3O. The van der Waals surface area contributed by atoms with E-state index in [-0.39, 0.29) is 5.56 Å². The zero-order valence-corrected chi connectivity index (χ0v) is 8.55. The topological polar surface area (TPSA) is 57.8 Å². The number of nitrogens with one attached hydrogen (secondary N) is 2. The molecule has 14 heavy (non-hydrogen) atoms. The highest BCUT2D eigenvalue weighted by Crippen LogP contribution is 2.00. The molecule has 1 aromatic rings. The quantitative estimate of drug-likeness (QED) is 0.709. The molecule has 0 bridgehead atoms. The molecule has 0 aromatic carbocycles. The Hall–Kier alpha value is -1.58. The lowest BCUT2D eigenvalue weighted by molar-refractivity contribution is 0.918. The van der Waals surface area contributed by atoms with Gasteiger partial charge in [0.2, 0.25) is 0 Å². The Morgan fingerprint density at radius 3 is 3.00 bits per heavy atom. The van der Waals surface area contributed by atoms with E-state index < -0.39 is 0 Å². The molecule has 4 heteroatoms. The van der Waals surface area contributed by atoms with Gasteiger partial charge in [-0.05, 0) is 6.92 Å². The minimum atomic E-state index is -0.124. The van der Waals surface area contributed by atoms with Gasteiger partial charge >= 0.3 is 0 Å². The summed E-state index contributed by atoms with van der Waals surface area (Å²) in [6.07, 6.45) is 0.720. The summed E-state index contributed by atoms with van der Waals surface area (Å²) in [6, 6.07) is 1.45. The van der Waals surface area contributed by atoms with Gasteiger partial charge in [0.15, 0.2) is 0 Å². The first-order chi connectivity index (χ1) is 6.61. The first-order valence-corrected chi connectivity index (χ1v) is 4.60. The lowest BCUT2D eigenvalue weighted by Crippen LogP contribution is -2.14. The number of nitrogens with zero attached hydrogens (tertiary/aromatic N) is 1. The van der Waals surface area contributed by atoms with Crippen molar-refractivity contribution in [2.24, 2.45) is 0 Å². The van der Waals surface area contributed by atoms with Crippen LogP contribution in [-0.2, 0) is 6.42 Å². The summed E-state index contributed by atoms with van der Waals surface area (Å²) in [6.45, 7) is 8.26. The monoisotopic (exact) mass is 193 g/mol. The van der Waals surface area contributed by atoms with Crippen molar-refractivity contribution in [3.63, 3.8) is 0 Å². The van der Waals surface area contributed by atoms with Crippen LogP contribution >= 0.6 is 0 Å². The van der Waals surface area contributed by atoms with E-state index in [1.54, 1.807) is 0 Å². The van der Waals surface area contributed by atoms with Crippen molar-refractivity contribution in [3.8, 4) is 0 Å². The average Bonchev–Trinajstić information content (AvgIpc) is 2.14. The summed E-state index contributed by atoms with van der Waals surface area (Å²) in [7, 11) is 0. The third-order valence-electron chi connectivity index (χ3n) is 1.70. The van der Waals surface area contributed by atoms with Crippen LogP contribution in [0.25, 0.3) is 0 Å². The summed E-state index contributed by atoms with van der Waals surface area (Å²) < 4.78 is 0. The van der Waals surface area contributed by atoms with Crippen LogP contribution in [0.2, 0.25) is 0 Å². The highest BCUT2D eigenvalue weighted by Gasteiger charge is 1.98. The van der Waals surface area contributed by atoms with Crippen molar-refractivity contribution in [2.75, 3.05) is 11.9 Å². The van der Waals surface area contributed by atoms with Crippen LogP contribution in [0.3, 0.4) is 0 Å². The molecule has 1 heterocycles. The number of H-pyrrole nitrogens is 1. The third kappa shape index (κ3) is 3.05. The molecule has 0 aliphatic carbocycles. The van der Waals surface area contributed by atoms with Gasteiger partial charge < -0.3 is 10.3 Å². The number of aromatic amines is 1. The lowest BCUT2D eigenvalue weighted by Gasteiger charge is -2.05. The number of anilines is 1. The number of hydrogen-bond acceptors (Lipinski definition) is 3. The Morgan fingerprint density at radius 2 is 2.43 bits per heavy atom. The maximum absolute atomic E-state index is 11.2. The predicted octanol–water partition coefficient (Wildman–Crippen LogP) is 1.32. The van der Waals surface area contributed by atoms with Gasteiger partial charge in [0.1, 0.15) is 11.6 Å². The Balaban J connectivity index is 2.81. The second-order valence-corrected chi connectivity index (χ2v) is 3.24. The molecule has 0 unspecified atom stereocenters. The first-order valence-electron chi connectivity index (χ1n) is 4.60. The van der Waals surface area contributed by atoms with Gasteiger partial charge in [-0.1, -0.05) is 19.1 Å². The van der Waals surface area contributed by atoms with E-state index in [2.05, 4.69) is 21.9 Å². The molecule has 0 atom stereocenters. The van der Waals surface area contributed by atoms with Gasteiger partial charge in [-0.15, -0.1) is 0 Å². The summed E-state index contributed by atoms with van der Waals surface area (Å²) >= 11 is 0. The van der Waals surface area contributed by atoms with E-state index in [1.807, 2.05) is 13.8 Å². The van der Waals surface area contributed by atoms with Crippen LogP contribution in [0.1, 0.15) is 19.7 Å². The zero-order chi connectivity index (χ0) is 10.6. The minimum Gasteiger partial charge on any atom is -0.366 e. The number of rotatable bonds is 4. The fraction of sp³-hybridized carbons (Fsp3) is 0.400. The van der Waals surface area contributed by atoms with Gasteiger partial charge in [-0.2, -0.15) is 0 Å². The molecule has 4 nitrogen and oxygen atoms in total. The molecule has 1 aromatic heterocycles. The number of aryl methyl sites for hydroxylation is 1. The van der Waals surface area contributed by atoms with Gasteiger partial charge in [0, 0.05) is 19.0 Å². The van der Waals surface area contributed by atoms with E-state index in [0.29, 0.717) is 18.2 Å². The molecule has 2 N–H and O–H groups in total. The Morgan fingerprint density at radius 1 is 1.71 bits per heavy atom. The first kappa shape index (κ1) is 10.5. The highest BCUT2D eigenvalue weighted by atomic mass is 16.1. The van der Waals surface area contributed by atoms with Crippen LogP contribution in [-0.4, -0.2) is 16.5 Å². The summed E-state index contributed by atoms with van der Waals surface area (Å²) in [5, 5.41) is 3.03. The fourth-order valence-electron chi connectivity index (χ4n) is 1.01. The van der Waals surface area contributed by atoms with Crippen LogP contribution in [0.15, 0.2) is 23.0 Å². The van der Waals surface area contributed by atoms with Gasteiger partial charge in [0.25, 0.3) is 5.56 Å². The standard InChI is InChI=1S/C10H15N3O/c1-4-8-12-9(5-10(14)13-8)11-6-7(2)3/h5H,2,4,6H2,1,3H3,(H2,11,12,13,14). The van der Waals surface area contributed by atoms with Crippen LogP contribution in [0.5, 0.6) is 0 Å². The van der Waals surface area contributed by atoms with E-state index >= 15 is 0 Å². The van der Waals surface area contributed by atoms with Crippen molar-refractivity contribution in [1.82, 2.24) is 9.97 Å². The maximum Gasteiger partial charge on any atom is 0.252 e. The van der Waals surface area contributed by atoms with Crippen LogP contribution in [0.4, 0.5) is 5.82 Å². The van der Waals surface area contributed by atoms with E-state index in [4.69, 9.17) is 0 Å². The summed E-state index contributed by atoms with van der Waals surface area (Å²) in [5.74, 6) is 1.30. The normalized spacial score (nSPS) is 9.86. The minimum absolute atomic E-state index is 0.124. The van der Waals surface area contributed by atoms with E-state index in [0.717, 1.165) is 12.0 Å². The second kappa shape index (κ2) is 4.60. The second-order valence-electron chi connectivity index (χ2n) is 3.24.